The summed E-state index contributed by atoms with van der Waals surface area (Å²) in [5.41, 5.74) is 2.35. The SMILES string of the molecule is Cc1cccc(C2/C(=C(/O)c3cccc(OCC(C)C)c3)C(=O)C(=O)N2Cc2cccs2)c1. The summed E-state index contributed by atoms with van der Waals surface area (Å²) in [6, 6.07) is 17.9. The largest absolute Gasteiger partial charge is 0.507 e. The monoisotopic (exact) mass is 461 g/mol. The molecule has 1 aliphatic heterocycles. The molecule has 3 aromatic rings. The van der Waals surface area contributed by atoms with Crippen molar-refractivity contribution in [3.63, 3.8) is 0 Å². The number of rotatable bonds is 7. The zero-order valence-electron chi connectivity index (χ0n) is 18.9. The Balaban J connectivity index is 1.80. The molecule has 2 heterocycles. The van der Waals surface area contributed by atoms with Gasteiger partial charge >= 0.3 is 0 Å². The third-order valence-corrected chi connectivity index (χ3v) is 6.36. The molecule has 0 saturated carbocycles. The molecule has 1 N–H and O–H groups in total. The standard InChI is InChI=1S/C27H27NO4S/c1-17(2)16-32-21-10-5-9-20(14-21)25(29)23-24(19-8-4-7-18(3)13-19)28(27(31)26(23)30)15-22-11-6-12-33-22/h4-14,17,24,29H,15-16H2,1-3H3/b25-23-. The molecule has 170 valence electrons. The van der Waals surface area contributed by atoms with Crippen LogP contribution in [0.25, 0.3) is 5.76 Å². The minimum Gasteiger partial charge on any atom is -0.507 e. The van der Waals surface area contributed by atoms with Crippen molar-refractivity contribution in [2.24, 2.45) is 5.92 Å². The van der Waals surface area contributed by atoms with Gasteiger partial charge < -0.3 is 14.7 Å². The maximum atomic E-state index is 13.2. The molecule has 1 amide bonds. The van der Waals surface area contributed by atoms with E-state index in [2.05, 4.69) is 13.8 Å². The molecule has 1 unspecified atom stereocenters. The van der Waals surface area contributed by atoms with Crippen LogP contribution in [0.1, 0.15) is 41.5 Å². The summed E-state index contributed by atoms with van der Waals surface area (Å²) in [7, 11) is 0. The van der Waals surface area contributed by atoms with Crippen molar-refractivity contribution >= 4 is 28.8 Å². The number of hydrogen-bond donors (Lipinski definition) is 1. The third kappa shape index (κ3) is 4.86. The maximum absolute atomic E-state index is 13.2. The molecule has 1 atom stereocenters. The van der Waals surface area contributed by atoms with E-state index in [0.717, 1.165) is 16.0 Å². The number of ether oxygens (including phenoxy) is 1. The number of benzene rings is 2. The summed E-state index contributed by atoms with van der Waals surface area (Å²) in [5, 5.41) is 13.2. The molecule has 0 aliphatic carbocycles. The average molecular weight is 462 g/mol. The zero-order valence-corrected chi connectivity index (χ0v) is 19.8. The van der Waals surface area contributed by atoms with Gasteiger partial charge in [0.15, 0.2) is 0 Å². The molecule has 1 aromatic heterocycles. The summed E-state index contributed by atoms with van der Waals surface area (Å²) in [6.45, 7) is 6.92. The topological polar surface area (TPSA) is 66.8 Å². The fourth-order valence-electron chi connectivity index (χ4n) is 3.95. The highest BCUT2D eigenvalue weighted by Gasteiger charge is 2.46. The predicted octanol–water partition coefficient (Wildman–Crippen LogP) is 5.71. The molecule has 5 nitrogen and oxygen atoms in total. The molecule has 0 radical (unpaired) electrons. The van der Waals surface area contributed by atoms with Gasteiger partial charge in [-0.2, -0.15) is 0 Å². The molecule has 1 aliphatic rings. The minimum absolute atomic E-state index is 0.100. The van der Waals surface area contributed by atoms with Gasteiger partial charge in [0.25, 0.3) is 11.7 Å². The van der Waals surface area contributed by atoms with Crippen LogP contribution in [0, 0.1) is 12.8 Å². The van der Waals surface area contributed by atoms with Crippen LogP contribution in [0.3, 0.4) is 0 Å². The normalized spacial score (nSPS) is 17.7. The number of ketones is 1. The van der Waals surface area contributed by atoms with E-state index in [4.69, 9.17) is 4.74 Å². The summed E-state index contributed by atoms with van der Waals surface area (Å²) in [4.78, 5) is 28.8. The average Bonchev–Trinajstić information content (AvgIpc) is 3.40. The van der Waals surface area contributed by atoms with Crippen LogP contribution >= 0.6 is 11.3 Å². The number of likely N-dealkylation sites (tertiary alicyclic amines) is 1. The second kappa shape index (κ2) is 9.63. The van der Waals surface area contributed by atoms with Gasteiger partial charge in [0, 0.05) is 10.4 Å². The number of carbonyl (C=O) groups is 2. The lowest BCUT2D eigenvalue weighted by atomic mass is 9.94. The van der Waals surface area contributed by atoms with Crippen LogP contribution in [0.5, 0.6) is 5.75 Å². The van der Waals surface area contributed by atoms with E-state index in [-0.39, 0.29) is 11.3 Å². The van der Waals surface area contributed by atoms with E-state index in [0.29, 0.717) is 30.4 Å². The number of aryl methyl sites for hydroxylation is 1. The van der Waals surface area contributed by atoms with Gasteiger partial charge in [-0.3, -0.25) is 9.59 Å². The minimum atomic E-state index is -0.677. The highest BCUT2D eigenvalue weighted by Crippen LogP contribution is 2.41. The number of aliphatic hydroxyl groups excluding tert-OH is 1. The third-order valence-electron chi connectivity index (χ3n) is 5.49. The molecule has 2 aromatic carbocycles. The van der Waals surface area contributed by atoms with Crippen LogP contribution in [-0.2, 0) is 16.1 Å². The first-order chi connectivity index (χ1) is 15.8. The van der Waals surface area contributed by atoms with Gasteiger partial charge in [-0.1, -0.05) is 61.9 Å². The Labute approximate surface area is 197 Å². The Bertz CT molecular complexity index is 1200. The lowest BCUT2D eigenvalue weighted by molar-refractivity contribution is -0.140. The van der Waals surface area contributed by atoms with Crippen molar-refractivity contribution in [1.82, 2.24) is 4.90 Å². The predicted molar refractivity (Wildman–Crippen MR) is 130 cm³/mol. The van der Waals surface area contributed by atoms with Crippen LogP contribution in [0.15, 0.2) is 71.6 Å². The molecule has 1 saturated heterocycles. The summed E-state index contributed by atoms with van der Waals surface area (Å²) in [5.74, 6) is -0.518. The number of hydrogen-bond acceptors (Lipinski definition) is 5. The molecule has 6 heteroatoms. The summed E-state index contributed by atoms with van der Waals surface area (Å²) in [6.07, 6.45) is 0. The first-order valence-electron chi connectivity index (χ1n) is 11.0. The first kappa shape index (κ1) is 22.8. The van der Waals surface area contributed by atoms with Gasteiger partial charge in [-0.25, -0.2) is 0 Å². The number of aliphatic hydroxyl groups is 1. The smallest absolute Gasteiger partial charge is 0.295 e. The highest BCUT2D eigenvalue weighted by molar-refractivity contribution is 7.09. The second-order valence-electron chi connectivity index (χ2n) is 8.65. The summed E-state index contributed by atoms with van der Waals surface area (Å²) < 4.78 is 5.79. The summed E-state index contributed by atoms with van der Waals surface area (Å²) >= 11 is 1.53. The van der Waals surface area contributed by atoms with E-state index in [1.807, 2.05) is 54.8 Å². The lowest BCUT2D eigenvalue weighted by Gasteiger charge is -2.25. The fraction of sp³-hybridized carbons (Fsp3) is 0.259. The van der Waals surface area contributed by atoms with Crippen molar-refractivity contribution in [3.05, 3.63) is 93.2 Å². The Hall–Kier alpha value is -3.38. The zero-order chi connectivity index (χ0) is 23.5. The van der Waals surface area contributed by atoms with Gasteiger partial charge in [-0.05, 0) is 42.0 Å². The number of nitrogens with zero attached hydrogens (tertiary/aromatic N) is 1. The second-order valence-corrected chi connectivity index (χ2v) is 9.69. The molecule has 1 fully saturated rings. The van der Waals surface area contributed by atoms with Crippen LogP contribution < -0.4 is 4.74 Å². The Morgan fingerprint density at radius 2 is 1.88 bits per heavy atom. The van der Waals surface area contributed by atoms with Crippen LogP contribution in [0.2, 0.25) is 0 Å². The number of Topliss-reactive ketones (excluding diaryl/α,β-unsaturated/α-hetero) is 1. The number of amides is 1. The first-order valence-corrected chi connectivity index (χ1v) is 11.8. The van der Waals surface area contributed by atoms with E-state index in [1.54, 1.807) is 23.1 Å². The molecular weight excluding hydrogens is 434 g/mol. The highest BCUT2D eigenvalue weighted by atomic mass is 32.1. The molecule has 0 spiro atoms. The van der Waals surface area contributed by atoms with Crippen molar-refractivity contribution in [1.29, 1.82) is 0 Å². The van der Waals surface area contributed by atoms with E-state index >= 15 is 0 Å². The Morgan fingerprint density at radius 1 is 1.09 bits per heavy atom. The molecule has 4 rings (SSSR count). The fourth-order valence-corrected chi connectivity index (χ4v) is 4.65. The molecule has 33 heavy (non-hydrogen) atoms. The van der Waals surface area contributed by atoms with Gasteiger partial charge in [-0.15, -0.1) is 11.3 Å². The maximum Gasteiger partial charge on any atom is 0.295 e. The van der Waals surface area contributed by atoms with Crippen molar-refractivity contribution in [3.8, 4) is 5.75 Å². The van der Waals surface area contributed by atoms with E-state index in [1.165, 1.54) is 11.3 Å². The number of thiophene rings is 1. The molecule has 0 bridgehead atoms. The Kier molecular flexibility index (Phi) is 6.65. The van der Waals surface area contributed by atoms with Crippen molar-refractivity contribution in [2.75, 3.05) is 6.61 Å². The Morgan fingerprint density at radius 3 is 2.58 bits per heavy atom. The van der Waals surface area contributed by atoms with Gasteiger partial charge in [0.1, 0.15) is 11.5 Å². The van der Waals surface area contributed by atoms with Crippen LogP contribution in [-0.4, -0.2) is 28.3 Å². The molecular formula is C27H27NO4S. The lowest BCUT2D eigenvalue weighted by Crippen LogP contribution is -2.28. The quantitative estimate of drug-likeness (QED) is 0.278. The van der Waals surface area contributed by atoms with Gasteiger partial charge in [0.2, 0.25) is 0 Å². The number of carbonyl (C=O) groups excluding carboxylic acids is 2. The van der Waals surface area contributed by atoms with E-state index < -0.39 is 17.7 Å². The van der Waals surface area contributed by atoms with Crippen LogP contribution in [0.4, 0.5) is 0 Å². The van der Waals surface area contributed by atoms with Gasteiger partial charge in [0.05, 0.1) is 24.8 Å². The van der Waals surface area contributed by atoms with E-state index in [9.17, 15) is 14.7 Å². The van der Waals surface area contributed by atoms with Crippen molar-refractivity contribution < 1.29 is 19.4 Å². The van der Waals surface area contributed by atoms with Crippen molar-refractivity contribution in [2.45, 2.75) is 33.4 Å².